The Kier molecular flexibility index (Phi) is 4.32. The van der Waals surface area contributed by atoms with E-state index in [1.54, 1.807) is 20.5 Å². The first-order chi connectivity index (χ1) is 10.8. The summed E-state index contributed by atoms with van der Waals surface area (Å²) in [5.41, 5.74) is 0.889. The Morgan fingerprint density at radius 2 is 1.86 bits per heavy atom. The van der Waals surface area contributed by atoms with Crippen molar-refractivity contribution in [2.24, 2.45) is 5.92 Å². The van der Waals surface area contributed by atoms with E-state index in [9.17, 15) is 0 Å². The summed E-state index contributed by atoms with van der Waals surface area (Å²) in [5, 5.41) is 1.02. The summed E-state index contributed by atoms with van der Waals surface area (Å²) in [7, 11) is 3.29. The Morgan fingerprint density at radius 3 is 2.55 bits per heavy atom. The summed E-state index contributed by atoms with van der Waals surface area (Å²) in [6, 6.07) is 3.89. The third kappa shape index (κ3) is 2.67. The van der Waals surface area contributed by atoms with E-state index in [1.807, 2.05) is 12.1 Å². The first-order valence-corrected chi connectivity index (χ1v) is 7.88. The molecule has 1 aliphatic heterocycles. The van der Waals surface area contributed by atoms with Crippen LogP contribution in [0.25, 0.3) is 10.9 Å². The largest absolute Gasteiger partial charge is 0.493 e. The predicted molar refractivity (Wildman–Crippen MR) is 87.9 cm³/mol. The van der Waals surface area contributed by atoms with Crippen molar-refractivity contribution in [1.29, 1.82) is 0 Å². The van der Waals surface area contributed by atoms with Crippen molar-refractivity contribution in [3.63, 3.8) is 0 Å². The molecule has 1 saturated heterocycles. The second kappa shape index (κ2) is 6.38. The lowest BCUT2D eigenvalue weighted by atomic mass is 9.93. The van der Waals surface area contributed by atoms with Crippen molar-refractivity contribution >= 4 is 16.7 Å². The van der Waals surface area contributed by atoms with Gasteiger partial charge in [-0.1, -0.05) is 19.8 Å². The molecule has 1 aliphatic rings. The molecule has 2 aromatic rings. The number of methoxy groups -OCH3 is 2. The molecule has 0 radical (unpaired) electrons. The van der Waals surface area contributed by atoms with Gasteiger partial charge in [-0.25, -0.2) is 9.97 Å². The van der Waals surface area contributed by atoms with Crippen LogP contribution in [0.1, 0.15) is 26.2 Å². The number of benzene rings is 1. The molecule has 1 aromatic heterocycles. The molecule has 22 heavy (non-hydrogen) atoms. The van der Waals surface area contributed by atoms with Crippen LogP contribution in [0.5, 0.6) is 11.5 Å². The molecular weight excluding hydrogens is 278 g/mol. The number of ether oxygens (including phenoxy) is 2. The molecule has 0 atom stereocenters. The quantitative estimate of drug-likeness (QED) is 0.819. The van der Waals surface area contributed by atoms with Crippen LogP contribution in [-0.2, 0) is 0 Å². The van der Waals surface area contributed by atoms with Crippen molar-refractivity contribution < 1.29 is 9.47 Å². The summed E-state index contributed by atoms with van der Waals surface area (Å²) in [4.78, 5) is 11.2. The molecule has 0 saturated carbocycles. The molecule has 1 aromatic carbocycles. The molecule has 0 amide bonds. The van der Waals surface area contributed by atoms with Gasteiger partial charge in [0, 0.05) is 24.5 Å². The van der Waals surface area contributed by atoms with Crippen LogP contribution >= 0.6 is 0 Å². The molecule has 0 unspecified atom stereocenters. The molecule has 1 fully saturated rings. The van der Waals surface area contributed by atoms with Gasteiger partial charge in [0.2, 0.25) is 0 Å². The van der Waals surface area contributed by atoms with Crippen molar-refractivity contribution in [3.05, 3.63) is 18.5 Å². The number of anilines is 1. The van der Waals surface area contributed by atoms with Crippen LogP contribution in [0, 0.1) is 5.92 Å². The average molecular weight is 301 g/mol. The van der Waals surface area contributed by atoms with Crippen LogP contribution < -0.4 is 14.4 Å². The van der Waals surface area contributed by atoms with Gasteiger partial charge in [0.15, 0.2) is 11.5 Å². The fourth-order valence-corrected chi connectivity index (χ4v) is 3.04. The zero-order chi connectivity index (χ0) is 15.5. The maximum atomic E-state index is 5.41. The number of unbranched alkanes of at least 4 members (excludes halogenated alkanes) is 1. The highest BCUT2D eigenvalue weighted by Crippen LogP contribution is 2.36. The average Bonchev–Trinajstić information content (AvgIpc) is 2.52. The van der Waals surface area contributed by atoms with Gasteiger partial charge in [-0.2, -0.15) is 0 Å². The van der Waals surface area contributed by atoms with Crippen LogP contribution in [0.3, 0.4) is 0 Å². The smallest absolute Gasteiger partial charge is 0.162 e. The number of aromatic nitrogens is 2. The van der Waals surface area contributed by atoms with Gasteiger partial charge >= 0.3 is 0 Å². The first kappa shape index (κ1) is 14.9. The lowest BCUT2D eigenvalue weighted by molar-refractivity contribution is 0.355. The van der Waals surface area contributed by atoms with Crippen LogP contribution in [-0.4, -0.2) is 37.3 Å². The van der Waals surface area contributed by atoms with Gasteiger partial charge < -0.3 is 14.4 Å². The minimum absolute atomic E-state index is 0.698. The van der Waals surface area contributed by atoms with E-state index in [-0.39, 0.29) is 0 Å². The summed E-state index contributed by atoms with van der Waals surface area (Å²) < 4.78 is 10.8. The Labute approximate surface area is 131 Å². The molecule has 5 heteroatoms. The molecular formula is C17H23N3O2. The molecule has 2 heterocycles. The second-order valence-corrected chi connectivity index (χ2v) is 5.83. The predicted octanol–water partition coefficient (Wildman–Crippen LogP) is 3.27. The minimum Gasteiger partial charge on any atom is -0.493 e. The summed E-state index contributed by atoms with van der Waals surface area (Å²) in [5.74, 6) is 3.21. The third-order valence-electron chi connectivity index (χ3n) is 4.34. The number of hydrogen-bond acceptors (Lipinski definition) is 5. The first-order valence-electron chi connectivity index (χ1n) is 7.88. The number of hydrogen-bond donors (Lipinski definition) is 0. The van der Waals surface area contributed by atoms with Crippen molar-refractivity contribution in [3.8, 4) is 11.5 Å². The van der Waals surface area contributed by atoms with Crippen molar-refractivity contribution in [2.75, 3.05) is 32.2 Å². The van der Waals surface area contributed by atoms with E-state index in [1.165, 1.54) is 19.3 Å². The van der Waals surface area contributed by atoms with Gasteiger partial charge in [-0.05, 0) is 18.4 Å². The van der Waals surface area contributed by atoms with Crippen molar-refractivity contribution in [2.45, 2.75) is 26.2 Å². The van der Waals surface area contributed by atoms with Gasteiger partial charge in [0.05, 0.1) is 19.7 Å². The van der Waals surface area contributed by atoms with Crippen LogP contribution in [0.4, 0.5) is 5.82 Å². The summed E-state index contributed by atoms with van der Waals surface area (Å²) >= 11 is 0. The summed E-state index contributed by atoms with van der Waals surface area (Å²) in [6.07, 6.45) is 5.52. The number of fused-ring (bicyclic) bond motifs is 1. The van der Waals surface area contributed by atoms with Crippen LogP contribution in [0.2, 0.25) is 0 Å². The fourth-order valence-electron chi connectivity index (χ4n) is 3.04. The van der Waals surface area contributed by atoms with Gasteiger partial charge in [-0.3, -0.25) is 0 Å². The maximum Gasteiger partial charge on any atom is 0.162 e. The van der Waals surface area contributed by atoms with Gasteiger partial charge in [0.25, 0.3) is 0 Å². The molecule has 0 aliphatic carbocycles. The Morgan fingerprint density at radius 1 is 1.14 bits per heavy atom. The van der Waals surface area contributed by atoms with Gasteiger partial charge in [-0.15, -0.1) is 0 Å². The Bertz CT molecular complexity index is 654. The Hall–Kier alpha value is -2.04. The maximum absolute atomic E-state index is 5.41. The van der Waals surface area contributed by atoms with E-state index >= 15 is 0 Å². The lowest BCUT2D eigenvalue weighted by Gasteiger charge is -2.40. The molecule has 0 bridgehead atoms. The lowest BCUT2D eigenvalue weighted by Crippen LogP contribution is -2.47. The molecule has 118 valence electrons. The highest BCUT2D eigenvalue weighted by atomic mass is 16.5. The third-order valence-corrected chi connectivity index (χ3v) is 4.34. The molecule has 0 N–H and O–H groups in total. The number of nitrogens with zero attached hydrogens (tertiary/aromatic N) is 3. The van der Waals surface area contributed by atoms with Crippen LogP contribution in [0.15, 0.2) is 18.5 Å². The summed E-state index contributed by atoms with van der Waals surface area (Å²) in [6.45, 7) is 4.41. The minimum atomic E-state index is 0.698. The molecule has 3 rings (SSSR count). The van der Waals surface area contributed by atoms with Crippen molar-refractivity contribution in [1.82, 2.24) is 9.97 Å². The van der Waals surface area contributed by atoms with E-state index < -0.39 is 0 Å². The van der Waals surface area contributed by atoms with E-state index in [0.717, 1.165) is 35.7 Å². The zero-order valence-corrected chi connectivity index (χ0v) is 13.5. The van der Waals surface area contributed by atoms with E-state index in [4.69, 9.17) is 9.47 Å². The molecule has 5 nitrogen and oxygen atoms in total. The van der Waals surface area contributed by atoms with Gasteiger partial charge in [0.1, 0.15) is 12.1 Å². The van der Waals surface area contributed by atoms with E-state index in [0.29, 0.717) is 11.5 Å². The standard InChI is InChI=1S/C17H23N3O2/c1-4-5-6-12-9-20(10-12)17-13-7-15(21-2)16(22-3)8-14(13)18-11-19-17/h7-8,11-12H,4-6,9-10H2,1-3H3. The SMILES string of the molecule is CCCCC1CN(c2ncnc3cc(OC)c(OC)cc23)C1. The normalized spacial score (nSPS) is 15.0. The topological polar surface area (TPSA) is 47.5 Å². The second-order valence-electron chi connectivity index (χ2n) is 5.83. The monoisotopic (exact) mass is 301 g/mol. The number of rotatable bonds is 6. The van der Waals surface area contributed by atoms with E-state index in [2.05, 4.69) is 21.8 Å². The Balaban J connectivity index is 1.88. The zero-order valence-electron chi connectivity index (χ0n) is 13.5. The molecule has 0 spiro atoms. The fraction of sp³-hybridized carbons (Fsp3) is 0.529. The highest BCUT2D eigenvalue weighted by molar-refractivity contribution is 5.92. The highest BCUT2D eigenvalue weighted by Gasteiger charge is 2.28.